The largest absolute Gasteiger partial charge is 0.484 e. The minimum Gasteiger partial charge on any atom is -0.484 e. The average Bonchev–Trinajstić information content (AvgIpc) is 1.87. The molecule has 0 heterocycles. The number of nitrogens with zero attached hydrogens (tertiary/aromatic N) is 1. The highest BCUT2D eigenvalue weighted by molar-refractivity contribution is 5.86. The van der Waals surface area contributed by atoms with E-state index in [4.69, 9.17) is 0 Å². The molecule has 0 unspecified atom stereocenters. The van der Waals surface area contributed by atoms with Gasteiger partial charge in [0.2, 0.25) is 0 Å². The first-order valence-corrected chi connectivity index (χ1v) is 2.38. The summed E-state index contributed by atoms with van der Waals surface area (Å²) in [7, 11) is 2.69. The molecule has 0 rings (SSSR count). The Morgan fingerprint density at radius 3 is 2.22 bits per heavy atom. The number of hydrogen-bond acceptors (Lipinski definition) is 3. The molecular weight excluding hydrogens is 122 g/mol. The van der Waals surface area contributed by atoms with Crippen molar-refractivity contribution in [3.05, 3.63) is 0 Å². The number of carbonyl (C=O) groups is 1. The van der Waals surface area contributed by atoms with Crippen molar-refractivity contribution in [3.8, 4) is 0 Å². The number of carbonyl (C=O) groups excluding carboxylic acids is 1. The lowest BCUT2D eigenvalue weighted by molar-refractivity contribution is 0.181. The summed E-state index contributed by atoms with van der Waals surface area (Å²) < 4.78 is 8.79. The fraction of sp³-hybridized carbons (Fsp3) is 0.600. The molecule has 0 bridgehead atoms. The Kier molecular flexibility index (Phi) is 3.43. The second kappa shape index (κ2) is 3.88. The van der Waals surface area contributed by atoms with Crippen LogP contribution in [-0.2, 0) is 9.47 Å². The van der Waals surface area contributed by atoms with Crippen LogP contribution in [0.4, 0.5) is 4.79 Å². The summed E-state index contributed by atoms with van der Waals surface area (Å²) in [4.78, 5) is 13.6. The zero-order valence-corrected chi connectivity index (χ0v) is 5.67. The van der Waals surface area contributed by atoms with Gasteiger partial charge in [0.1, 0.15) is 0 Å². The SMILES string of the molecule is COC(=O)/N=C(/C)OC. The Morgan fingerprint density at radius 2 is 1.89 bits per heavy atom. The summed E-state index contributed by atoms with van der Waals surface area (Å²) in [5.74, 6) is 0.293. The molecule has 0 aromatic carbocycles. The average molecular weight is 131 g/mol. The van der Waals surface area contributed by atoms with Crippen LogP contribution in [-0.4, -0.2) is 26.2 Å². The third-order valence-corrected chi connectivity index (χ3v) is 0.719. The van der Waals surface area contributed by atoms with E-state index in [-0.39, 0.29) is 0 Å². The van der Waals surface area contributed by atoms with Crippen molar-refractivity contribution in [1.29, 1.82) is 0 Å². The highest BCUT2D eigenvalue weighted by Gasteiger charge is 1.94. The Hall–Kier alpha value is -1.06. The van der Waals surface area contributed by atoms with Crippen LogP contribution < -0.4 is 0 Å². The molecule has 0 aliphatic heterocycles. The van der Waals surface area contributed by atoms with E-state index in [1.165, 1.54) is 14.2 Å². The number of ether oxygens (including phenoxy) is 2. The highest BCUT2D eigenvalue weighted by atomic mass is 16.5. The predicted molar refractivity (Wildman–Crippen MR) is 32.5 cm³/mol. The lowest BCUT2D eigenvalue weighted by Crippen LogP contribution is -2.00. The molecule has 0 saturated heterocycles. The molecule has 4 nitrogen and oxygen atoms in total. The van der Waals surface area contributed by atoms with Gasteiger partial charge in [-0.3, -0.25) is 0 Å². The van der Waals surface area contributed by atoms with Gasteiger partial charge in [-0.05, 0) is 0 Å². The lowest BCUT2D eigenvalue weighted by atomic mass is 10.8. The van der Waals surface area contributed by atoms with E-state index in [0.29, 0.717) is 5.90 Å². The molecule has 0 aromatic heterocycles. The van der Waals surface area contributed by atoms with Gasteiger partial charge in [-0.15, -0.1) is 4.99 Å². The first kappa shape index (κ1) is 7.94. The minimum absolute atomic E-state index is 0.293. The summed E-state index contributed by atoms with van der Waals surface area (Å²) in [5.41, 5.74) is 0. The summed E-state index contributed by atoms with van der Waals surface area (Å²) >= 11 is 0. The smallest absolute Gasteiger partial charge is 0.436 e. The summed E-state index contributed by atoms with van der Waals surface area (Å²) in [6.07, 6.45) is -0.644. The molecule has 0 N–H and O–H groups in total. The highest BCUT2D eigenvalue weighted by Crippen LogP contribution is 1.82. The topological polar surface area (TPSA) is 47.9 Å². The molecule has 1 amide bonds. The van der Waals surface area contributed by atoms with Gasteiger partial charge in [0.05, 0.1) is 14.2 Å². The van der Waals surface area contributed by atoms with Crippen molar-refractivity contribution >= 4 is 12.0 Å². The Morgan fingerprint density at radius 1 is 1.33 bits per heavy atom. The lowest BCUT2D eigenvalue weighted by Gasteiger charge is -1.94. The van der Waals surface area contributed by atoms with Gasteiger partial charge in [-0.2, -0.15) is 0 Å². The van der Waals surface area contributed by atoms with Gasteiger partial charge < -0.3 is 9.47 Å². The van der Waals surface area contributed by atoms with Crippen LogP contribution in [0.15, 0.2) is 4.99 Å². The molecule has 0 aliphatic rings. The van der Waals surface area contributed by atoms with E-state index in [0.717, 1.165) is 0 Å². The van der Waals surface area contributed by atoms with Crippen molar-refractivity contribution in [3.63, 3.8) is 0 Å². The molecule has 52 valence electrons. The summed E-state index contributed by atoms with van der Waals surface area (Å²) in [6.45, 7) is 1.57. The van der Waals surface area contributed by atoms with Gasteiger partial charge >= 0.3 is 6.09 Å². The summed E-state index contributed by atoms with van der Waals surface area (Å²) in [6, 6.07) is 0. The second-order valence-electron chi connectivity index (χ2n) is 1.30. The number of aliphatic imine (C=N–C) groups is 1. The van der Waals surface area contributed by atoms with Gasteiger partial charge in [-0.1, -0.05) is 0 Å². The van der Waals surface area contributed by atoms with Gasteiger partial charge in [-0.25, -0.2) is 4.79 Å². The molecule has 4 heteroatoms. The van der Waals surface area contributed by atoms with Crippen molar-refractivity contribution in [2.24, 2.45) is 4.99 Å². The maximum Gasteiger partial charge on any atom is 0.436 e. The van der Waals surface area contributed by atoms with E-state index in [9.17, 15) is 4.79 Å². The summed E-state index contributed by atoms with van der Waals surface area (Å²) in [5, 5.41) is 0. The standard InChI is InChI=1S/C5H9NO3/c1-4(8-2)6-5(7)9-3/h1-3H3/b6-4-. The normalized spacial score (nSPS) is 10.8. The van der Waals surface area contributed by atoms with Crippen LogP contribution in [0.1, 0.15) is 6.92 Å². The predicted octanol–water partition coefficient (Wildman–Crippen LogP) is 0.818. The van der Waals surface area contributed by atoms with Crippen LogP contribution in [0.25, 0.3) is 0 Å². The van der Waals surface area contributed by atoms with E-state index in [2.05, 4.69) is 14.5 Å². The molecular formula is C5H9NO3. The van der Waals surface area contributed by atoms with Crippen LogP contribution >= 0.6 is 0 Å². The van der Waals surface area contributed by atoms with Crippen molar-refractivity contribution in [1.82, 2.24) is 0 Å². The quantitative estimate of drug-likeness (QED) is 0.361. The Bertz CT molecular complexity index is 130. The van der Waals surface area contributed by atoms with Gasteiger partial charge in [0.25, 0.3) is 0 Å². The Labute approximate surface area is 53.5 Å². The van der Waals surface area contributed by atoms with Crippen LogP contribution in [0.2, 0.25) is 0 Å². The molecule has 0 fully saturated rings. The van der Waals surface area contributed by atoms with Crippen molar-refractivity contribution < 1.29 is 14.3 Å². The monoisotopic (exact) mass is 131 g/mol. The zero-order valence-electron chi connectivity index (χ0n) is 5.67. The fourth-order valence-corrected chi connectivity index (χ4v) is 0.220. The van der Waals surface area contributed by atoms with Crippen molar-refractivity contribution in [2.45, 2.75) is 6.92 Å². The number of hydrogen-bond donors (Lipinski definition) is 0. The van der Waals surface area contributed by atoms with Crippen molar-refractivity contribution in [2.75, 3.05) is 14.2 Å². The number of amides is 1. The van der Waals surface area contributed by atoms with Crippen LogP contribution in [0.3, 0.4) is 0 Å². The van der Waals surface area contributed by atoms with E-state index < -0.39 is 6.09 Å². The first-order valence-electron chi connectivity index (χ1n) is 2.38. The molecule has 0 radical (unpaired) electrons. The molecule has 0 aliphatic carbocycles. The van der Waals surface area contributed by atoms with Crippen LogP contribution in [0.5, 0.6) is 0 Å². The molecule has 0 spiro atoms. The second-order valence-corrected chi connectivity index (χ2v) is 1.30. The molecule has 0 aromatic rings. The molecule has 0 saturated carbocycles. The number of rotatable bonds is 0. The number of methoxy groups -OCH3 is 2. The third-order valence-electron chi connectivity index (χ3n) is 0.719. The first-order chi connectivity index (χ1) is 4.20. The molecule has 0 atom stereocenters. The van der Waals surface area contributed by atoms with Crippen LogP contribution in [0, 0.1) is 0 Å². The van der Waals surface area contributed by atoms with Gasteiger partial charge in [0.15, 0.2) is 5.90 Å². The maximum atomic E-state index is 10.3. The minimum atomic E-state index is -0.644. The van der Waals surface area contributed by atoms with E-state index in [1.807, 2.05) is 0 Å². The molecule has 9 heavy (non-hydrogen) atoms. The maximum absolute atomic E-state index is 10.3. The fourth-order valence-electron chi connectivity index (χ4n) is 0.220. The Balaban J connectivity index is 3.79. The third kappa shape index (κ3) is 3.52. The van der Waals surface area contributed by atoms with E-state index >= 15 is 0 Å². The zero-order chi connectivity index (χ0) is 7.28. The van der Waals surface area contributed by atoms with E-state index in [1.54, 1.807) is 6.92 Å². The van der Waals surface area contributed by atoms with Gasteiger partial charge in [0, 0.05) is 6.92 Å².